The van der Waals surface area contributed by atoms with E-state index in [1.165, 1.54) is 6.42 Å². The number of aliphatic carboxylic acids is 1. The number of carbonyl (C=O) groups is 2. The van der Waals surface area contributed by atoms with E-state index in [1.807, 2.05) is 36.4 Å². The van der Waals surface area contributed by atoms with Gasteiger partial charge < -0.3 is 14.7 Å². The number of nitrogens with one attached hydrogen (secondary N) is 1. The molecule has 1 saturated carbocycles. The molecule has 2 aromatic rings. The zero-order valence-electron chi connectivity index (χ0n) is 18.0. The molecule has 2 N–H and O–H groups in total. The van der Waals surface area contributed by atoms with Gasteiger partial charge in [-0.2, -0.15) is 0 Å². The van der Waals surface area contributed by atoms with E-state index in [0.29, 0.717) is 35.3 Å². The van der Waals surface area contributed by atoms with E-state index < -0.39 is 18.1 Å². The molecular weight excluding hydrogens is 428 g/mol. The number of hydrogen-bond acceptors (Lipinski definition) is 4. The first-order chi connectivity index (χ1) is 15.5. The van der Waals surface area contributed by atoms with Crippen LogP contribution >= 0.6 is 11.6 Å². The third-order valence-corrected chi connectivity index (χ3v) is 6.63. The normalized spacial score (nSPS) is 20.2. The highest BCUT2D eigenvalue weighted by molar-refractivity contribution is 6.30. The maximum Gasteiger partial charge on any atom is 0.320 e. The summed E-state index contributed by atoms with van der Waals surface area (Å²) in [4.78, 5) is 27.3. The summed E-state index contributed by atoms with van der Waals surface area (Å²) in [7, 11) is 0. The molecule has 0 bridgehead atoms. The van der Waals surface area contributed by atoms with Crippen LogP contribution in [0.5, 0.6) is 5.75 Å². The third-order valence-electron chi connectivity index (χ3n) is 6.37. The molecule has 170 valence electrons. The number of nitrogens with zero attached hydrogens (tertiary/aromatic N) is 1. The smallest absolute Gasteiger partial charge is 0.320 e. The Balaban J connectivity index is 1.55. The highest BCUT2D eigenvalue weighted by Crippen LogP contribution is 2.33. The molecule has 0 radical (unpaired) electrons. The minimum atomic E-state index is -0.922. The number of carbonyl (C=O) groups excluding carboxylic acids is 1. The largest absolute Gasteiger partial charge is 0.489 e. The van der Waals surface area contributed by atoms with Gasteiger partial charge in [-0.05, 0) is 42.2 Å². The van der Waals surface area contributed by atoms with Gasteiger partial charge >= 0.3 is 5.97 Å². The summed E-state index contributed by atoms with van der Waals surface area (Å²) in [5.41, 5.74) is 1.60. The summed E-state index contributed by atoms with van der Waals surface area (Å²) in [6.07, 6.45) is 6.14. The number of ether oxygens (including phenoxy) is 1. The average Bonchev–Trinajstić information content (AvgIpc) is 2.93. The number of halogens is 1. The number of para-hydroxylation sites is 2. The Morgan fingerprint density at radius 1 is 1.12 bits per heavy atom. The highest BCUT2D eigenvalue weighted by atomic mass is 35.5. The number of fused-ring (bicyclic) bond motifs is 1. The van der Waals surface area contributed by atoms with E-state index in [0.717, 1.165) is 31.2 Å². The number of benzene rings is 2. The quantitative estimate of drug-likeness (QED) is 0.634. The second-order valence-corrected chi connectivity index (χ2v) is 9.12. The van der Waals surface area contributed by atoms with Crippen molar-refractivity contribution in [2.45, 2.75) is 57.2 Å². The predicted molar refractivity (Wildman–Crippen MR) is 124 cm³/mol. The van der Waals surface area contributed by atoms with Crippen LogP contribution < -0.4 is 15.0 Å². The summed E-state index contributed by atoms with van der Waals surface area (Å²) < 4.78 is 5.95. The highest BCUT2D eigenvalue weighted by Gasteiger charge is 2.35. The molecular formula is C25H29ClN2O4. The molecule has 0 saturated heterocycles. The summed E-state index contributed by atoms with van der Waals surface area (Å²) in [5, 5.41) is 13.6. The minimum absolute atomic E-state index is 0.0847. The Morgan fingerprint density at radius 3 is 2.56 bits per heavy atom. The van der Waals surface area contributed by atoms with Crippen LogP contribution in [0.1, 0.15) is 44.1 Å². The molecule has 0 unspecified atom stereocenters. The van der Waals surface area contributed by atoms with Crippen molar-refractivity contribution in [3.8, 4) is 5.75 Å². The topological polar surface area (TPSA) is 78.9 Å². The van der Waals surface area contributed by atoms with E-state index in [2.05, 4.69) is 5.32 Å². The van der Waals surface area contributed by atoms with Crippen LogP contribution in [0.2, 0.25) is 5.02 Å². The second-order valence-electron chi connectivity index (χ2n) is 8.68. The van der Waals surface area contributed by atoms with Crippen LogP contribution in [-0.4, -0.2) is 35.7 Å². The van der Waals surface area contributed by atoms with E-state index in [4.69, 9.17) is 16.3 Å². The molecule has 2 atom stereocenters. The van der Waals surface area contributed by atoms with Crippen molar-refractivity contribution < 1.29 is 19.4 Å². The van der Waals surface area contributed by atoms with Crippen molar-refractivity contribution in [3.63, 3.8) is 0 Å². The van der Waals surface area contributed by atoms with Crippen molar-refractivity contribution in [3.05, 3.63) is 59.1 Å². The Hall–Kier alpha value is -2.57. The Kier molecular flexibility index (Phi) is 7.33. The summed E-state index contributed by atoms with van der Waals surface area (Å²) >= 11 is 6.01. The molecule has 6 nitrogen and oxygen atoms in total. The van der Waals surface area contributed by atoms with Crippen molar-refractivity contribution >= 4 is 29.2 Å². The number of carboxylic acid groups (broad SMARTS) is 1. The molecule has 1 aliphatic heterocycles. The standard InChI is InChI=1S/C25H29ClN2O4/c26-19-12-10-18(11-13-19)15-28-22-8-4-5-9-23(22)32-16-21(24(28)29)27-20(25(30)31)14-17-6-2-1-3-7-17/h4-5,8-13,17,20-21,27H,1-3,6-7,14-16H2,(H,30,31)/t20-,21-/m0/s1. The number of hydrogen-bond donors (Lipinski definition) is 2. The fraction of sp³-hybridized carbons (Fsp3) is 0.440. The molecule has 7 heteroatoms. The summed E-state index contributed by atoms with van der Waals surface area (Å²) in [5.74, 6) is -0.131. The predicted octanol–water partition coefficient (Wildman–Crippen LogP) is 4.65. The van der Waals surface area contributed by atoms with Gasteiger partial charge in [0.15, 0.2) is 0 Å². The zero-order chi connectivity index (χ0) is 22.5. The van der Waals surface area contributed by atoms with Gasteiger partial charge in [-0.1, -0.05) is 68.0 Å². The zero-order valence-corrected chi connectivity index (χ0v) is 18.8. The first-order valence-corrected chi connectivity index (χ1v) is 11.7. The van der Waals surface area contributed by atoms with Crippen LogP contribution in [0.4, 0.5) is 5.69 Å². The van der Waals surface area contributed by atoms with Gasteiger partial charge in [-0.25, -0.2) is 0 Å². The lowest BCUT2D eigenvalue weighted by Crippen LogP contribution is -2.54. The van der Waals surface area contributed by atoms with E-state index in [-0.39, 0.29) is 12.5 Å². The SMILES string of the molecule is O=C(O)[C@H](CC1CCCCC1)N[C@H]1COc2ccccc2N(Cc2ccc(Cl)cc2)C1=O. The molecule has 1 aliphatic carbocycles. The van der Waals surface area contributed by atoms with Gasteiger partial charge in [0.05, 0.1) is 12.2 Å². The molecule has 0 spiro atoms. The third kappa shape index (κ3) is 5.43. The molecule has 4 rings (SSSR count). The molecule has 2 aromatic carbocycles. The molecule has 32 heavy (non-hydrogen) atoms. The average molecular weight is 457 g/mol. The Labute approximate surface area is 193 Å². The molecule has 1 heterocycles. The van der Waals surface area contributed by atoms with Crippen molar-refractivity contribution in [2.75, 3.05) is 11.5 Å². The summed E-state index contributed by atoms with van der Waals surface area (Å²) in [6, 6.07) is 13.2. The molecule has 2 aliphatic rings. The van der Waals surface area contributed by atoms with E-state index >= 15 is 0 Å². The van der Waals surface area contributed by atoms with Crippen LogP contribution in [0.25, 0.3) is 0 Å². The van der Waals surface area contributed by atoms with Gasteiger partial charge in [0, 0.05) is 5.02 Å². The molecule has 0 aromatic heterocycles. The van der Waals surface area contributed by atoms with Gasteiger partial charge in [0.1, 0.15) is 24.4 Å². The molecule has 1 amide bonds. The van der Waals surface area contributed by atoms with Crippen molar-refractivity contribution in [2.24, 2.45) is 5.92 Å². The lowest BCUT2D eigenvalue weighted by atomic mass is 9.84. The van der Waals surface area contributed by atoms with Gasteiger partial charge in [-0.15, -0.1) is 0 Å². The second kappa shape index (κ2) is 10.4. The van der Waals surface area contributed by atoms with Crippen LogP contribution in [0.15, 0.2) is 48.5 Å². The fourth-order valence-electron chi connectivity index (χ4n) is 4.65. The minimum Gasteiger partial charge on any atom is -0.489 e. The van der Waals surface area contributed by atoms with Crippen LogP contribution in [-0.2, 0) is 16.1 Å². The van der Waals surface area contributed by atoms with Crippen LogP contribution in [0, 0.1) is 5.92 Å². The van der Waals surface area contributed by atoms with E-state index in [1.54, 1.807) is 17.0 Å². The lowest BCUT2D eigenvalue weighted by Gasteiger charge is -2.29. The number of rotatable bonds is 7. The van der Waals surface area contributed by atoms with E-state index in [9.17, 15) is 14.7 Å². The van der Waals surface area contributed by atoms with Gasteiger partial charge in [-0.3, -0.25) is 14.9 Å². The first kappa shape index (κ1) is 22.6. The van der Waals surface area contributed by atoms with Crippen LogP contribution in [0.3, 0.4) is 0 Å². The molecule has 1 fully saturated rings. The van der Waals surface area contributed by atoms with Crippen molar-refractivity contribution in [1.29, 1.82) is 0 Å². The maximum absolute atomic E-state index is 13.6. The Bertz CT molecular complexity index is 943. The van der Waals surface area contributed by atoms with Gasteiger partial charge in [0.2, 0.25) is 5.91 Å². The maximum atomic E-state index is 13.6. The lowest BCUT2D eigenvalue weighted by molar-refractivity contribution is -0.140. The Morgan fingerprint density at radius 2 is 1.84 bits per heavy atom. The first-order valence-electron chi connectivity index (χ1n) is 11.3. The monoisotopic (exact) mass is 456 g/mol. The fourth-order valence-corrected chi connectivity index (χ4v) is 4.77. The number of amides is 1. The number of carboxylic acids is 1. The summed E-state index contributed by atoms with van der Waals surface area (Å²) in [6.45, 7) is 0.427. The number of anilines is 1. The van der Waals surface area contributed by atoms with Crippen molar-refractivity contribution in [1.82, 2.24) is 5.32 Å². The van der Waals surface area contributed by atoms with Gasteiger partial charge in [0.25, 0.3) is 0 Å².